The number of aryl methyl sites for hydroxylation is 2. The van der Waals surface area contributed by atoms with Gasteiger partial charge in [-0.25, -0.2) is 0 Å². The molecule has 2 aromatic rings. The second-order valence-electron chi connectivity index (χ2n) is 5.37. The normalized spacial score (nSPS) is 14.2. The van der Waals surface area contributed by atoms with Gasteiger partial charge in [-0.3, -0.25) is 0 Å². The number of thiophene rings is 1. The van der Waals surface area contributed by atoms with Crippen LogP contribution in [0, 0.1) is 13.8 Å². The third kappa shape index (κ3) is 3.31. The molecule has 0 aliphatic carbocycles. The Morgan fingerprint density at radius 1 is 1.10 bits per heavy atom. The molecule has 1 nitrogen and oxygen atoms in total. The van der Waals surface area contributed by atoms with Gasteiger partial charge in [0.15, 0.2) is 0 Å². The van der Waals surface area contributed by atoms with Crippen molar-refractivity contribution in [1.82, 2.24) is 5.32 Å². The highest BCUT2D eigenvalue weighted by atomic mass is 32.1. The van der Waals surface area contributed by atoms with Crippen molar-refractivity contribution >= 4 is 11.3 Å². The zero-order chi connectivity index (χ0) is 14.5. The van der Waals surface area contributed by atoms with E-state index in [1.165, 1.54) is 20.9 Å². The minimum atomic E-state index is 0.422. The zero-order valence-electron chi connectivity index (χ0n) is 12.9. The minimum absolute atomic E-state index is 0.422. The zero-order valence-corrected chi connectivity index (χ0v) is 13.8. The van der Waals surface area contributed by atoms with Crippen molar-refractivity contribution in [1.29, 1.82) is 0 Å². The number of benzene rings is 1. The predicted molar refractivity (Wildman–Crippen MR) is 89.7 cm³/mol. The van der Waals surface area contributed by atoms with Gasteiger partial charge >= 0.3 is 0 Å². The lowest BCUT2D eigenvalue weighted by Gasteiger charge is -2.27. The fraction of sp³-hybridized carbons (Fsp3) is 0.444. The molecule has 20 heavy (non-hydrogen) atoms. The van der Waals surface area contributed by atoms with Crippen LogP contribution in [-0.4, -0.2) is 6.54 Å². The highest BCUT2D eigenvalue weighted by Crippen LogP contribution is 2.38. The number of nitrogens with one attached hydrogen (secondary N) is 1. The number of hydrogen-bond acceptors (Lipinski definition) is 2. The van der Waals surface area contributed by atoms with Gasteiger partial charge in [0.2, 0.25) is 0 Å². The van der Waals surface area contributed by atoms with Crippen LogP contribution in [0.25, 0.3) is 0 Å². The van der Waals surface area contributed by atoms with Gasteiger partial charge in [-0.2, -0.15) is 0 Å². The third-order valence-electron chi connectivity index (χ3n) is 3.86. The average molecular weight is 287 g/mol. The lowest BCUT2D eigenvalue weighted by atomic mass is 9.87. The molecule has 1 aromatic heterocycles. The standard InChI is InChI=1S/C18H25NS/c1-5-16(15-10-8-7-9-11-15)17(19-6-2)18-13(3)12-14(4)20-18/h7-12,16-17,19H,5-6H2,1-4H3. The Labute approximate surface area is 127 Å². The van der Waals surface area contributed by atoms with Crippen LogP contribution in [0.2, 0.25) is 0 Å². The summed E-state index contributed by atoms with van der Waals surface area (Å²) in [6, 6.07) is 13.6. The summed E-state index contributed by atoms with van der Waals surface area (Å²) in [5.74, 6) is 0.535. The summed E-state index contributed by atoms with van der Waals surface area (Å²) in [6.07, 6.45) is 1.15. The van der Waals surface area contributed by atoms with Crippen LogP contribution < -0.4 is 5.32 Å². The van der Waals surface area contributed by atoms with E-state index in [4.69, 9.17) is 0 Å². The number of rotatable bonds is 6. The molecule has 0 bridgehead atoms. The van der Waals surface area contributed by atoms with Crippen molar-refractivity contribution in [3.63, 3.8) is 0 Å². The minimum Gasteiger partial charge on any atom is -0.309 e. The monoisotopic (exact) mass is 287 g/mol. The molecule has 1 aromatic carbocycles. The molecule has 0 fully saturated rings. The molecule has 1 heterocycles. The molecular weight excluding hydrogens is 262 g/mol. The molecule has 1 N–H and O–H groups in total. The van der Waals surface area contributed by atoms with E-state index in [0.717, 1.165) is 13.0 Å². The quantitative estimate of drug-likeness (QED) is 0.769. The Bertz CT molecular complexity index is 530. The molecule has 2 heteroatoms. The Morgan fingerprint density at radius 2 is 1.80 bits per heavy atom. The second-order valence-corrected chi connectivity index (χ2v) is 6.65. The predicted octanol–water partition coefficient (Wildman–Crippen LogP) is 5.21. The molecular formula is C18H25NS. The van der Waals surface area contributed by atoms with Gasteiger partial charge in [0.25, 0.3) is 0 Å². The maximum absolute atomic E-state index is 3.71. The Kier molecular flexibility index (Phi) is 5.38. The Hall–Kier alpha value is -1.12. The molecule has 0 saturated heterocycles. The smallest absolute Gasteiger partial charge is 0.0486 e. The van der Waals surface area contributed by atoms with Crippen LogP contribution >= 0.6 is 11.3 Å². The maximum atomic E-state index is 3.71. The first kappa shape index (κ1) is 15.3. The molecule has 2 unspecified atom stereocenters. The summed E-state index contributed by atoms with van der Waals surface area (Å²) in [5.41, 5.74) is 2.86. The molecule has 0 radical (unpaired) electrons. The van der Waals surface area contributed by atoms with Gasteiger partial charge in [0, 0.05) is 21.7 Å². The van der Waals surface area contributed by atoms with Crippen molar-refractivity contribution in [2.24, 2.45) is 0 Å². The molecule has 0 spiro atoms. The van der Waals surface area contributed by atoms with Crippen molar-refractivity contribution in [3.05, 3.63) is 57.3 Å². The van der Waals surface area contributed by atoms with E-state index in [-0.39, 0.29) is 0 Å². The van der Waals surface area contributed by atoms with Crippen molar-refractivity contribution in [3.8, 4) is 0 Å². The Balaban J connectivity index is 2.38. The van der Waals surface area contributed by atoms with Crippen LogP contribution in [0.1, 0.15) is 53.1 Å². The fourth-order valence-corrected chi connectivity index (χ4v) is 4.15. The summed E-state index contributed by atoms with van der Waals surface area (Å²) < 4.78 is 0. The summed E-state index contributed by atoms with van der Waals surface area (Å²) in [6.45, 7) is 9.93. The SMILES string of the molecule is CCNC(c1sc(C)cc1C)C(CC)c1ccccc1. The lowest BCUT2D eigenvalue weighted by Crippen LogP contribution is -2.26. The van der Waals surface area contributed by atoms with E-state index in [1.807, 2.05) is 11.3 Å². The van der Waals surface area contributed by atoms with E-state index >= 15 is 0 Å². The first-order chi connectivity index (χ1) is 9.67. The van der Waals surface area contributed by atoms with Crippen LogP contribution in [0.3, 0.4) is 0 Å². The van der Waals surface area contributed by atoms with Crippen molar-refractivity contribution in [2.75, 3.05) is 6.54 Å². The van der Waals surface area contributed by atoms with Crippen molar-refractivity contribution < 1.29 is 0 Å². The summed E-state index contributed by atoms with van der Waals surface area (Å²) in [7, 11) is 0. The van der Waals surface area contributed by atoms with Crippen LogP contribution in [-0.2, 0) is 0 Å². The Morgan fingerprint density at radius 3 is 2.30 bits per heavy atom. The molecule has 2 atom stereocenters. The molecule has 0 amide bonds. The van der Waals surface area contributed by atoms with Crippen LogP contribution in [0.15, 0.2) is 36.4 Å². The summed E-state index contributed by atoms with van der Waals surface area (Å²) in [5, 5.41) is 3.71. The largest absolute Gasteiger partial charge is 0.309 e. The molecule has 2 rings (SSSR count). The highest BCUT2D eigenvalue weighted by Gasteiger charge is 2.25. The van der Waals surface area contributed by atoms with E-state index < -0.39 is 0 Å². The third-order valence-corrected chi connectivity index (χ3v) is 5.09. The van der Waals surface area contributed by atoms with Gasteiger partial charge in [-0.1, -0.05) is 44.2 Å². The fourth-order valence-electron chi connectivity index (χ4n) is 2.97. The van der Waals surface area contributed by atoms with Crippen LogP contribution in [0.4, 0.5) is 0 Å². The van der Waals surface area contributed by atoms with E-state index in [2.05, 4.69) is 69.4 Å². The van der Waals surface area contributed by atoms with Crippen molar-refractivity contribution in [2.45, 2.75) is 46.1 Å². The molecule has 0 aliphatic rings. The molecule has 0 aliphatic heterocycles. The first-order valence-corrected chi connectivity index (χ1v) is 8.34. The molecule has 0 saturated carbocycles. The van der Waals surface area contributed by atoms with Gasteiger partial charge in [0.05, 0.1) is 0 Å². The lowest BCUT2D eigenvalue weighted by molar-refractivity contribution is 0.450. The van der Waals surface area contributed by atoms with E-state index in [0.29, 0.717) is 12.0 Å². The molecule has 108 valence electrons. The van der Waals surface area contributed by atoms with Gasteiger partial charge in [-0.05, 0) is 44.0 Å². The number of hydrogen-bond donors (Lipinski definition) is 1. The summed E-state index contributed by atoms with van der Waals surface area (Å²) in [4.78, 5) is 2.91. The van der Waals surface area contributed by atoms with Gasteiger partial charge in [0.1, 0.15) is 0 Å². The number of likely N-dealkylation sites (N-methyl/N-ethyl adjacent to an activating group) is 1. The first-order valence-electron chi connectivity index (χ1n) is 7.52. The second kappa shape index (κ2) is 7.05. The maximum Gasteiger partial charge on any atom is 0.0486 e. The van der Waals surface area contributed by atoms with E-state index in [9.17, 15) is 0 Å². The average Bonchev–Trinajstić information content (AvgIpc) is 2.78. The van der Waals surface area contributed by atoms with Gasteiger partial charge < -0.3 is 5.32 Å². The highest BCUT2D eigenvalue weighted by molar-refractivity contribution is 7.12. The topological polar surface area (TPSA) is 12.0 Å². The van der Waals surface area contributed by atoms with Crippen LogP contribution in [0.5, 0.6) is 0 Å². The van der Waals surface area contributed by atoms with E-state index in [1.54, 1.807) is 0 Å². The summed E-state index contributed by atoms with van der Waals surface area (Å²) >= 11 is 1.94. The van der Waals surface area contributed by atoms with Gasteiger partial charge in [-0.15, -0.1) is 11.3 Å².